The van der Waals surface area contributed by atoms with E-state index in [9.17, 15) is 8.42 Å². The number of nitrogens with zero attached hydrogens (tertiary/aromatic N) is 3. The largest absolute Gasteiger partial charge is 0.457 e. The van der Waals surface area contributed by atoms with Crippen LogP contribution >= 0.6 is 0 Å². The van der Waals surface area contributed by atoms with Crippen molar-refractivity contribution in [2.75, 3.05) is 45.5 Å². The molecule has 0 amide bonds. The maximum Gasteiger partial charge on any atom is 0.211 e. The monoisotopic (exact) mass is 232 g/mol. The molecule has 0 N–H and O–H groups in total. The van der Waals surface area contributed by atoms with E-state index in [0.717, 1.165) is 26.2 Å². The fourth-order valence-corrected chi connectivity index (χ4v) is 3.00. The Kier molecular flexibility index (Phi) is 3.03. The Morgan fingerprint density at radius 3 is 2.07 bits per heavy atom. The minimum absolute atomic E-state index is 0.587. The molecule has 5 nitrogen and oxygen atoms in total. The van der Waals surface area contributed by atoms with Crippen LogP contribution in [0.3, 0.4) is 0 Å². The van der Waals surface area contributed by atoms with Crippen LogP contribution in [0.15, 0.2) is 0 Å². The predicted octanol–water partition coefficient (Wildman–Crippen LogP) is -0.961. The lowest BCUT2D eigenvalue weighted by Crippen LogP contribution is -2.61. The van der Waals surface area contributed by atoms with Crippen molar-refractivity contribution in [3.63, 3.8) is 0 Å². The van der Waals surface area contributed by atoms with Gasteiger partial charge in [0.05, 0.1) is 6.26 Å². The smallest absolute Gasteiger partial charge is 0.211 e. The highest BCUT2D eigenvalue weighted by atomic mass is 32.2. The molecule has 0 atom stereocenters. The number of rotatable bonds is 2. The van der Waals surface area contributed by atoms with Gasteiger partial charge in [-0.25, -0.2) is 8.42 Å². The highest BCUT2D eigenvalue weighted by molar-refractivity contribution is 7.88. The van der Waals surface area contributed by atoms with Crippen LogP contribution in [0.5, 0.6) is 0 Å². The molecule has 0 unspecified atom stereocenters. The molecule has 2 aliphatic rings. The maximum atomic E-state index is 11.3. The Labute approximate surface area is 91.7 Å². The van der Waals surface area contributed by atoms with E-state index in [-0.39, 0.29) is 0 Å². The van der Waals surface area contributed by atoms with Gasteiger partial charge in [-0.2, -0.15) is 4.31 Å². The zero-order valence-electron chi connectivity index (χ0n) is 9.09. The van der Waals surface area contributed by atoms with Crippen molar-refractivity contribution in [3.8, 4) is 0 Å². The van der Waals surface area contributed by atoms with Crippen molar-refractivity contribution in [2.45, 2.75) is 6.04 Å². The van der Waals surface area contributed by atoms with Gasteiger partial charge in [-0.05, 0) is 13.1 Å². The van der Waals surface area contributed by atoms with Crippen molar-refractivity contribution in [1.82, 2.24) is 14.1 Å². The number of hydrogen-bond acceptors (Lipinski definition) is 4. The van der Waals surface area contributed by atoms with E-state index < -0.39 is 10.0 Å². The van der Waals surface area contributed by atoms with Gasteiger partial charge in [0.15, 0.2) is 0 Å². The summed E-state index contributed by atoms with van der Waals surface area (Å²) in [4.78, 5) is 4.40. The van der Waals surface area contributed by atoms with Crippen molar-refractivity contribution >= 4 is 10.0 Å². The lowest BCUT2D eigenvalue weighted by atomic mass is 10.1. The Bertz CT molecular complexity index is 316. The first-order valence-electron chi connectivity index (χ1n) is 5.21. The molecule has 2 heterocycles. The second kappa shape index (κ2) is 4.01. The van der Waals surface area contributed by atoms with Crippen molar-refractivity contribution in [3.05, 3.63) is 7.05 Å². The third kappa shape index (κ3) is 2.50. The molecule has 2 rings (SSSR count). The number of sulfonamides is 1. The fourth-order valence-electron chi connectivity index (χ4n) is 2.17. The minimum atomic E-state index is -2.99. The molecule has 0 spiro atoms. The standard InChI is InChI=1S/C9H18N3O2S/c1-10-7-9(8-10)11-3-5-12(6-4-11)15(2,13)14/h9H,1,3-8H2,2H3/q-1. The van der Waals surface area contributed by atoms with E-state index in [4.69, 9.17) is 0 Å². The Hall–Kier alpha value is -0.170. The van der Waals surface area contributed by atoms with Gasteiger partial charge in [-0.3, -0.25) is 11.9 Å². The molecule has 6 heteroatoms. The molecule has 2 fully saturated rings. The molecule has 0 radical (unpaired) electrons. The minimum Gasteiger partial charge on any atom is -0.457 e. The Balaban J connectivity index is 1.82. The van der Waals surface area contributed by atoms with Gasteiger partial charge in [0, 0.05) is 32.2 Å². The van der Waals surface area contributed by atoms with Crippen LogP contribution in [-0.2, 0) is 10.0 Å². The molecule has 0 aromatic carbocycles. The lowest BCUT2D eigenvalue weighted by molar-refractivity contribution is 0.0421. The van der Waals surface area contributed by atoms with Gasteiger partial charge >= 0.3 is 0 Å². The van der Waals surface area contributed by atoms with Gasteiger partial charge in [-0.15, -0.1) is 0 Å². The quantitative estimate of drug-likeness (QED) is 0.575. The molecular formula is C9H18N3O2S-. The summed E-state index contributed by atoms with van der Waals surface area (Å²) < 4.78 is 24.1. The number of hydrogen-bond donors (Lipinski definition) is 0. The van der Waals surface area contributed by atoms with Crippen LogP contribution < -0.4 is 0 Å². The number of likely N-dealkylation sites (tertiary alicyclic amines) is 1. The van der Waals surface area contributed by atoms with Crippen LogP contribution in [0.2, 0.25) is 0 Å². The van der Waals surface area contributed by atoms with Crippen molar-refractivity contribution in [2.24, 2.45) is 0 Å². The third-order valence-electron chi connectivity index (χ3n) is 3.20. The van der Waals surface area contributed by atoms with E-state index in [2.05, 4.69) is 11.9 Å². The first-order valence-corrected chi connectivity index (χ1v) is 7.06. The molecule has 0 aliphatic carbocycles. The SMILES string of the molecule is [CH2-]N1CC(N2CCN(S(C)(=O)=O)CC2)C1. The van der Waals surface area contributed by atoms with Gasteiger partial charge < -0.3 is 4.90 Å². The molecule has 0 aromatic heterocycles. The maximum absolute atomic E-state index is 11.3. The summed E-state index contributed by atoms with van der Waals surface area (Å²) >= 11 is 0. The van der Waals surface area contributed by atoms with Crippen LogP contribution in [0.4, 0.5) is 0 Å². The molecule has 0 saturated carbocycles. The molecule has 2 aliphatic heterocycles. The summed E-state index contributed by atoms with van der Waals surface area (Å²) in [5, 5.41) is 0. The normalized spacial score (nSPS) is 27.9. The third-order valence-corrected chi connectivity index (χ3v) is 4.50. The van der Waals surface area contributed by atoms with E-state index in [1.807, 2.05) is 4.90 Å². The summed E-state index contributed by atoms with van der Waals surface area (Å²) in [6, 6.07) is 0.587. The van der Waals surface area contributed by atoms with Gasteiger partial charge in [0.1, 0.15) is 0 Å². The van der Waals surface area contributed by atoms with Gasteiger partial charge in [-0.1, -0.05) is 0 Å². The Morgan fingerprint density at radius 2 is 1.67 bits per heavy atom. The summed E-state index contributed by atoms with van der Waals surface area (Å²) in [6.07, 6.45) is 1.28. The highest BCUT2D eigenvalue weighted by Crippen LogP contribution is 2.16. The van der Waals surface area contributed by atoms with E-state index in [1.165, 1.54) is 6.26 Å². The lowest BCUT2D eigenvalue weighted by Gasteiger charge is -2.50. The fraction of sp³-hybridized carbons (Fsp3) is 0.889. The first kappa shape index (κ1) is 11.3. The molecular weight excluding hydrogens is 214 g/mol. The van der Waals surface area contributed by atoms with Crippen LogP contribution in [-0.4, -0.2) is 74.1 Å². The zero-order valence-corrected chi connectivity index (χ0v) is 9.91. The van der Waals surface area contributed by atoms with E-state index in [1.54, 1.807) is 4.31 Å². The summed E-state index contributed by atoms with van der Waals surface area (Å²) in [5.74, 6) is 0. The summed E-state index contributed by atoms with van der Waals surface area (Å²) in [5.41, 5.74) is 0. The second-order valence-corrected chi connectivity index (χ2v) is 6.37. The zero-order chi connectivity index (χ0) is 11.1. The Morgan fingerprint density at radius 1 is 1.13 bits per heavy atom. The molecule has 0 bridgehead atoms. The molecule has 2 saturated heterocycles. The van der Waals surface area contributed by atoms with Gasteiger partial charge in [0.25, 0.3) is 0 Å². The first-order chi connectivity index (χ1) is 6.97. The molecule has 0 aromatic rings. The molecule has 88 valence electrons. The predicted molar refractivity (Wildman–Crippen MR) is 58.7 cm³/mol. The molecule has 15 heavy (non-hydrogen) atoms. The van der Waals surface area contributed by atoms with Crippen LogP contribution in [0.1, 0.15) is 0 Å². The van der Waals surface area contributed by atoms with E-state index in [0.29, 0.717) is 19.1 Å². The van der Waals surface area contributed by atoms with Crippen LogP contribution in [0.25, 0.3) is 0 Å². The second-order valence-electron chi connectivity index (χ2n) is 4.39. The summed E-state index contributed by atoms with van der Waals surface area (Å²) in [6.45, 7) is 4.99. The van der Waals surface area contributed by atoms with Crippen molar-refractivity contribution < 1.29 is 8.42 Å². The van der Waals surface area contributed by atoms with Crippen LogP contribution in [0, 0.1) is 7.05 Å². The number of piperazine rings is 1. The van der Waals surface area contributed by atoms with Crippen molar-refractivity contribution in [1.29, 1.82) is 0 Å². The van der Waals surface area contributed by atoms with Gasteiger partial charge in [0.2, 0.25) is 10.0 Å². The highest BCUT2D eigenvalue weighted by Gasteiger charge is 2.30. The average molecular weight is 232 g/mol. The summed E-state index contributed by atoms with van der Waals surface area (Å²) in [7, 11) is 0.853. The topological polar surface area (TPSA) is 43.9 Å². The average Bonchev–Trinajstić information content (AvgIpc) is 2.12. The van der Waals surface area contributed by atoms with E-state index >= 15 is 0 Å².